The summed E-state index contributed by atoms with van der Waals surface area (Å²) in [5.74, 6) is -0.342. The molecule has 4 heteroatoms. The van der Waals surface area contributed by atoms with Gasteiger partial charge >= 0.3 is 0 Å². The predicted molar refractivity (Wildman–Crippen MR) is 112 cm³/mol. The molecule has 0 N–H and O–H groups in total. The van der Waals surface area contributed by atoms with E-state index in [1.54, 1.807) is 0 Å². The van der Waals surface area contributed by atoms with Crippen molar-refractivity contribution in [2.45, 2.75) is 39.4 Å². The van der Waals surface area contributed by atoms with E-state index in [2.05, 4.69) is 0 Å². The van der Waals surface area contributed by atoms with Gasteiger partial charge < -0.3 is 0 Å². The molecule has 0 saturated heterocycles. The zero-order valence-corrected chi connectivity index (χ0v) is 17.1. The number of carbonyl (C=O) groups is 2. The van der Waals surface area contributed by atoms with E-state index in [1.165, 1.54) is 22.2 Å². The topological polar surface area (TPSA) is 37.4 Å². The molecule has 2 amide bonds. The van der Waals surface area contributed by atoms with Crippen LogP contribution in [0.25, 0.3) is 5.57 Å². The molecule has 140 valence electrons. The fraction of sp³-hybridized carbons (Fsp3) is 0.304. The third-order valence-electron chi connectivity index (χ3n) is 4.74. The first-order chi connectivity index (χ1) is 12.9. The van der Waals surface area contributed by atoms with E-state index in [0.29, 0.717) is 23.4 Å². The van der Waals surface area contributed by atoms with E-state index in [4.69, 9.17) is 0 Å². The first-order valence-corrected chi connectivity index (χ1v) is 10.1. The fourth-order valence-corrected chi connectivity index (χ4v) is 4.14. The van der Waals surface area contributed by atoms with E-state index >= 15 is 0 Å². The van der Waals surface area contributed by atoms with Gasteiger partial charge in [-0.1, -0.05) is 62.4 Å². The Labute approximate surface area is 165 Å². The summed E-state index contributed by atoms with van der Waals surface area (Å²) in [6.45, 7) is 8.56. The molecule has 0 saturated carbocycles. The van der Waals surface area contributed by atoms with E-state index < -0.39 is 0 Å². The van der Waals surface area contributed by atoms with Gasteiger partial charge in [-0.3, -0.25) is 14.5 Å². The minimum Gasteiger partial charge on any atom is -0.274 e. The van der Waals surface area contributed by atoms with Crippen LogP contribution in [-0.2, 0) is 16.0 Å². The van der Waals surface area contributed by atoms with Crippen molar-refractivity contribution < 1.29 is 9.59 Å². The highest BCUT2D eigenvalue weighted by atomic mass is 32.2. The molecule has 0 bridgehead atoms. The minimum atomic E-state index is -0.178. The summed E-state index contributed by atoms with van der Waals surface area (Å²) in [6.07, 6.45) is 0.665. The number of imide groups is 1. The van der Waals surface area contributed by atoms with Gasteiger partial charge in [-0.25, -0.2) is 0 Å². The largest absolute Gasteiger partial charge is 0.274 e. The number of thioether (sulfide) groups is 1. The SMILES string of the molecule is Cc1ccc(C2=C(SC(C)C)C(=O)N(CCc3ccccc3)C2=O)cc1C. The molecule has 0 spiro atoms. The van der Waals surface area contributed by atoms with Gasteiger partial charge in [0.15, 0.2) is 0 Å². The van der Waals surface area contributed by atoms with Crippen LogP contribution in [0, 0.1) is 13.8 Å². The second-order valence-electron chi connectivity index (χ2n) is 7.17. The van der Waals surface area contributed by atoms with Crippen LogP contribution in [0.5, 0.6) is 0 Å². The van der Waals surface area contributed by atoms with Crippen LogP contribution in [0.2, 0.25) is 0 Å². The summed E-state index contributed by atoms with van der Waals surface area (Å²) < 4.78 is 0. The number of benzene rings is 2. The maximum absolute atomic E-state index is 13.2. The van der Waals surface area contributed by atoms with Crippen molar-refractivity contribution >= 4 is 29.1 Å². The van der Waals surface area contributed by atoms with Crippen LogP contribution in [0.3, 0.4) is 0 Å². The minimum absolute atomic E-state index is 0.164. The van der Waals surface area contributed by atoms with Crippen LogP contribution in [0.4, 0.5) is 0 Å². The molecule has 3 rings (SSSR count). The number of carbonyl (C=O) groups excluding carboxylic acids is 2. The monoisotopic (exact) mass is 379 g/mol. The van der Waals surface area contributed by atoms with Gasteiger partial charge in [0.2, 0.25) is 0 Å². The normalized spacial score (nSPS) is 14.6. The lowest BCUT2D eigenvalue weighted by molar-refractivity contribution is -0.136. The maximum Gasteiger partial charge on any atom is 0.268 e. The molecule has 0 aromatic heterocycles. The Balaban J connectivity index is 1.92. The molecule has 0 unspecified atom stereocenters. The second kappa shape index (κ2) is 8.13. The van der Waals surface area contributed by atoms with Gasteiger partial charge in [0.1, 0.15) is 0 Å². The summed E-state index contributed by atoms with van der Waals surface area (Å²) in [4.78, 5) is 28.2. The summed E-state index contributed by atoms with van der Waals surface area (Å²) in [6, 6.07) is 15.9. The maximum atomic E-state index is 13.2. The number of aryl methyl sites for hydroxylation is 2. The summed E-state index contributed by atoms with van der Waals surface area (Å²) in [5.41, 5.74) is 4.81. The zero-order chi connectivity index (χ0) is 19.6. The second-order valence-corrected chi connectivity index (χ2v) is 8.75. The van der Waals surface area contributed by atoms with Crippen molar-refractivity contribution in [2.24, 2.45) is 0 Å². The Kier molecular flexibility index (Phi) is 5.85. The van der Waals surface area contributed by atoms with Gasteiger partial charge in [-0.2, -0.15) is 0 Å². The molecule has 3 nitrogen and oxygen atoms in total. The average molecular weight is 380 g/mol. The van der Waals surface area contributed by atoms with Crippen molar-refractivity contribution in [1.29, 1.82) is 0 Å². The molecule has 27 heavy (non-hydrogen) atoms. The quantitative estimate of drug-likeness (QED) is 0.679. The first kappa shape index (κ1) is 19.4. The molecule has 1 aliphatic rings. The molecule has 0 fully saturated rings. The molecular formula is C23H25NO2S. The van der Waals surface area contributed by atoms with Crippen molar-refractivity contribution in [1.82, 2.24) is 4.90 Å². The molecule has 0 atom stereocenters. The van der Waals surface area contributed by atoms with Gasteiger partial charge in [0.25, 0.3) is 11.8 Å². The third-order valence-corrected chi connectivity index (χ3v) is 5.83. The molecular weight excluding hydrogens is 354 g/mol. The first-order valence-electron chi connectivity index (χ1n) is 9.27. The lowest BCUT2D eigenvalue weighted by atomic mass is 10.0. The van der Waals surface area contributed by atoms with Crippen LogP contribution < -0.4 is 0 Å². The lowest BCUT2D eigenvalue weighted by Gasteiger charge is -2.15. The van der Waals surface area contributed by atoms with E-state index in [0.717, 1.165) is 16.7 Å². The Bertz CT molecular complexity index is 900. The molecule has 2 aromatic rings. The Morgan fingerprint density at radius 1 is 0.926 bits per heavy atom. The van der Waals surface area contributed by atoms with Gasteiger partial charge in [-0.05, 0) is 42.5 Å². The molecule has 1 heterocycles. The van der Waals surface area contributed by atoms with Crippen molar-refractivity contribution in [3.05, 3.63) is 75.7 Å². The van der Waals surface area contributed by atoms with Gasteiger partial charge in [-0.15, -0.1) is 11.8 Å². The number of hydrogen-bond acceptors (Lipinski definition) is 3. The Hall–Kier alpha value is -2.33. The predicted octanol–water partition coefficient (Wildman–Crippen LogP) is 4.77. The fourth-order valence-electron chi connectivity index (χ4n) is 3.14. The Morgan fingerprint density at radius 2 is 1.63 bits per heavy atom. The summed E-state index contributed by atoms with van der Waals surface area (Å²) >= 11 is 1.48. The zero-order valence-electron chi connectivity index (χ0n) is 16.3. The number of hydrogen-bond donors (Lipinski definition) is 0. The Morgan fingerprint density at radius 3 is 2.26 bits per heavy atom. The van der Waals surface area contributed by atoms with Gasteiger partial charge in [0.05, 0.1) is 10.5 Å². The van der Waals surface area contributed by atoms with Crippen LogP contribution in [0.1, 0.15) is 36.1 Å². The van der Waals surface area contributed by atoms with Crippen LogP contribution in [0.15, 0.2) is 53.4 Å². The van der Waals surface area contributed by atoms with Crippen molar-refractivity contribution in [2.75, 3.05) is 6.54 Å². The van der Waals surface area contributed by atoms with Crippen LogP contribution in [-0.4, -0.2) is 28.5 Å². The summed E-state index contributed by atoms with van der Waals surface area (Å²) in [5, 5.41) is 0.229. The van der Waals surface area contributed by atoms with E-state index in [1.807, 2.05) is 76.2 Å². The molecule has 0 radical (unpaired) electrons. The average Bonchev–Trinajstić information content (AvgIpc) is 2.86. The lowest BCUT2D eigenvalue weighted by Crippen LogP contribution is -2.33. The van der Waals surface area contributed by atoms with E-state index in [-0.39, 0.29) is 17.1 Å². The number of nitrogens with zero attached hydrogens (tertiary/aromatic N) is 1. The molecule has 2 aromatic carbocycles. The molecule has 0 aliphatic carbocycles. The number of amides is 2. The van der Waals surface area contributed by atoms with Crippen molar-refractivity contribution in [3.63, 3.8) is 0 Å². The molecule has 1 aliphatic heterocycles. The highest BCUT2D eigenvalue weighted by Gasteiger charge is 2.39. The van der Waals surface area contributed by atoms with Crippen molar-refractivity contribution in [3.8, 4) is 0 Å². The highest BCUT2D eigenvalue weighted by Crippen LogP contribution is 2.38. The third kappa shape index (κ3) is 4.16. The standard InChI is InChI=1S/C23H25NO2S/c1-15(2)27-21-20(19-11-10-16(3)17(4)14-19)22(25)24(23(21)26)13-12-18-8-6-5-7-9-18/h5-11,14-15H,12-13H2,1-4H3. The smallest absolute Gasteiger partial charge is 0.268 e. The highest BCUT2D eigenvalue weighted by molar-refractivity contribution is 8.04. The van der Waals surface area contributed by atoms with Gasteiger partial charge in [0, 0.05) is 11.8 Å². The van der Waals surface area contributed by atoms with Crippen LogP contribution >= 0.6 is 11.8 Å². The number of rotatable bonds is 6. The van der Waals surface area contributed by atoms with E-state index in [9.17, 15) is 9.59 Å². The summed E-state index contributed by atoms with van der Waals surface area (Å²) in [7, 11) is 0.